The molecule has 0 atom stereocenters. The Morgan fingerprint density at radius 2 is 1.00 bits per heavy atom. The number of rotatable bonds is 6. The van der Waals surface area contributed by atoms with E-state index in [4.69, 9.17) is 0 Å². The van der Waals surface area contributed by atoms with E-state index >= 15 is 0 Å². The molecule has 276 valence electrons. The Morgan fingerprint density at radius 1 is 0.356 bits per heavy atom. The fraction of sp³-hybridized carbons (Fsp3) is 0. The molecule has 3 heteroatoms. The van der Waals surface area contributed by atoms with Gasteiger partial charge in [-0.15, -0.1) is 11.3 Å². The van der Waals surface area contributed by atoms with Gasteiger partial charge in [-0.1, -0.05) is 152 Å². The van der Waals surface area contributed by atoms with E-state index in [1.165, 1.54) is 91.5 Å². The minimum absolute atomic E-state index is 1.11. The quantitative estimate of drug-likeness (QED) is 0.153. The van der Waals surface area contributed by atoms with E-state index < -0.39 is 0 Å². The Kier molecular flexibility index (Phi) is 7.75. The molecule has 0 radical (unpaired) electrons. The molecule has 12 rings (SSSR count). The zero-order chi connectivity index (χ0) is 38.9. The second kappa shape index (κ2) is 13.6. The lowest BCUT2D eigenvalue weighted by molar-refractivity contribution is 1.20. The monoisotopic (exact) mass is 768 g/mol. The number of nitrogens with zero attached hydrogens (tertiary/aromatic N) is 2. The highest BCUT2D eigenvalue weighted by molar-refractivity contribution is 7.26. The van der Waals surface area contributed by atoms with Crippen LogP contribution in [-0.2, 0) is 0 Å². The molecule has 0 aliphatic heterocycles. The van der Waals surface area contributed by atoms with Gasteiger partial charge in [0.1, 0.15) is 0 Å². The maximum atomic E-state index is 2.48. The molecule has 0 spiro atoms. The van der Waals surface area contributed by atoms with Crippen LogP contribution in [0.25, 0.3) is 91.5 Å². The van der Waals surface area contributed by atoms with Gasteiger partial charge in [0.05, 0.1) is 21.4 Å². The maximum Gasteiger partial charge on any atom is 0.0640 e. The normalized spacial score (nSPS) is 11.7. The second-order valence-corrected chi connectivity index (χ2v) is 16.3. The van der Waals surface area contributed by atoms with E-state index in [0.29, 0.717) is 0 Å². The van der Waals surface area contributed by atoms with Crippen LogP contribution in [0.2, 0.25) is 0 Å². The highest BCUT2D eigenvalue weighted by Gasteiger charge is 2.20. The number of anilines is 3. The van der Waals surface area contributed by atoms with Gasteiger partial charge in [0.15, 0.2) is 0 Å². The molecular formula is C56H36N2S. The van der Waals surface area contributed by atoms with E-state index in [0.717, 1.165) is 17.1 Å². The minimum atomic E-state index is 1.11. The summed E-state index contributed by atoms with van der Waals surface area (Å²) in [6, 6.07) is 79.8. The molecule has 2 heterocycles. The minimum Gasteiger partial charge on any atom is -0.310 e. The summed E-state index contributed by atoms with van der Waals surface area (Å²) in [5.74, 6) is 0. The van der Waals surface area contributed by atoms with Crippen LogP contribution >= 0.6 is 11.3 Å². The standard InChI is InChI=1S/C56H36N2S/c1-2-15-42(16-3-1)57(43-32-29-37(30-33-43)39-31-34-46-41(35-39)28-27-38-13-4-5-18-45(38)46)44-17-10-14-40(36-44)47-21-11-24-52-55(47)50-20-6-8-23-51(50)58(52)53-25-12-22-49-48-19-7-9-26-54(48)59-56(49)53/h1-36H. The summed E-state index contributed by atoms with van der Waals surface area (Å²) in [4.78, 5) is 2.37. The smallest absolute Gasteiger partial charge is 0.0640 e. The second-order valence-electron chi connectivity index (χ2n) is 15.3. The lowest BCUT2D eigenvalue weighted by Crippen LogP contribution is -2.09. The van der Waals surface area contributed by atoms with Gasteiger partial charge in [-0.25, -0.2) is 0 Å². The highest BCUT2D eigenvalue weighted by atomic mass is 32.1. The van der Waals surface area contributed by atoms with Crippen LogP contribution in [-0.4, -0.2) is 4.57 Å². The number of hydrogen-bond donors (Lipinski definition) is 0. The highest BCUT2D eigenvalue weighted by Crippen LogP contribution is 2.44. The van der Waals surface area contributed by atoms with Crippen molar-refractivity contribution in [2.24, 2.45) is 0 Å². The Hall–Kier alpha value is -7.46. The fourth-order valence-corrected chi connectivity index (χ4v) is 10.5. The first-order valence-electron chi connectivity index (χ1n) is 20.2. The SMILES string of the molecule is c1ccc(N(c2ccc(-c3ccc4c(ccc5ccccc54)c3)cc2)c2cccc(-c3cccc4c3c3ccccc3n4-c3cccc4c3sc3ccccc34)c2)cc1. The Balaban J connectivity index is 0.977. The zero-order valence-electron chi connectivity index (χ0n) is 32.1. The largest absolute Gasteiger partial charge is 0.310 e. The van der Waals surface area contributed by atoms with Gasteiger partial charge < -0.3 is 9.47 Å². The van der Waals surface area contributed by atoms with Crippen LogP contribution in [0.1, 0.15) is 0 Å². The number of fused-ring (bicyclic) bond motifs is 9. The van der Waals surface area contributed by atoms with Crippen LogP contribution in [0.3, 0.4) is 0 Å². The number of hydrogen-bond acceptors (Lipinski definition) is 2. The van der Waals surface area contributed by atoms with Gasteiger partial charge in [-0.2, -0.15) is 0 Å². The van der Waals surface area contributed by atoms with Crippen molar-refractivity contribution in [1.29, 1.82) is 0 Å². The molecule has 0 amide bonds. The van der Waals surface area contributed by atoms with Crippen molar-refractivity contribution in [2.45, 2.75) is 0 Å². The Morgan fingerprint density at radius 3 is 1.90 bits per heavy atom. The number of para-hydroxylation sites is 2. The van der Waals surface area contributed by atoms with Crippen LogP contribution in [0.5, 0.6) is 0 Å². The summed E-state index contributed by atoms with van der Waals surface area (Å²) < 4.78 is 5.10. The van der Waals surface area contributed by atoms with Gasteiger partial charge in [-0.3, -0.25) is 0 Å². The third kappa shape index (κ3) is 5.47. The van der Waals surface area contributed by atoms with Crippen LogP contribution in [0.15, 0.2) is 218 Å². The van der Waals surface area contributed by atoms with Gasteiger partial charge in [0, 0.05) is 43.3 Å². The van der Waals surface area contributed by atoms with Gasteiger partial charge in [-0.05, 0) is 111 Å². The Labute approximate surface area is 346 Å². The molecule has 10 aromatic carbocycles. The third-order valence-corrected chi connectivity index (χ3v) is 13.2. The van der Waals surface area contributed by atoms with Gasteiger partial charge in [0.25, 0.3) is 0 Å². The molecular weight excluding hydrogens is 733 g/mol. The van der Waals surface area contributed by atoms with E-state index in [-0.39, 0.29) is 0 Å². The average Bonchev–Trinajstić information content (AvgIpc) is 3.86. The molecule has 0 saturated heterocycles. The molecule has 2 aromatic heterocycles. The van der Waals surface area contributed by atoms with Gasteiger partial charge in [0.2, 0.25) is 0 Å². The molecule has 0 aliphatic carbocycles. The van der Waals surface area contributed by atoms with Crippen molar-refractivity contribution in [3.8, 4) is 27.9 Å². The number of benzene rings is 10. The summed E-state index contributed by atoms with van der Waals surface area (Å²) in [7, 11) is 0. The zero-order valence-corrected chi connectivity index (χ0v) is 32.9. The van der Waals surface area contributed by atoms with Crippen LogP contribution in [0, 0.1) is 0 Å². The van der Waals surface area contributed by atoms with Crippen molar-refractivity contribution in [3.63, 3.8) is 0 Å². The predicted octanol–water partition coefficient (Wildman–Crippen LogP) is 16.3. The summed E-state index contributed by atoms with van der Waals surface area (Å²) in [6.45, 7) is 0. The summed E-state index contributed by atoms with van der Waals surface area (Å²) in [5, 5.41) is 10.2. The molecule has 0 aliphatic rings. The average molecular weight is 769 g/mol. The van der Waals surface area contributed by atoms with E-state index in [9.17, 15) is 0 Å². The topological polar surface area (TPSA) is 8.17 Å². The van der Waals surface area contributed by atoms with Gasteiger partial charge >= 0.3 is 0 Å². The van der Waals surface area contributed by atoms with Crippen molar-refractivity contribution in [1.82, 2.24) is 4.57 Å². The molecule has 0 fully saturated rings. The van der Waals surface area contributed by atoms with Crippen LogP contribution < -0.4 is 4.90 Å². The molecule has 0 saturated carbocycles. The van der Waals surface area contributed by atoms with Crippen LogP contribution in [0.4, 0.5) is 17.1 Å². The third-order valence-electron chi connectivity index (χ3n) is 12.0. The summed E-state index contributed by atoms with van der Waals surface area (Å²) in [6.07, 6.45) is 0. The first-order valence-corrected chi connectivity index (χ1v) is 21.0. The molecule has 12 aromatic rings. The van der Waals surface area contributed by atoms with Crippen molar-refractivity contribution in [2.75, 3.05) is 4.90 Å². The molecule has 59 heavy (non-hydrogen) atoms. The van der Waals surface area contributed by atoms with E-state index in [2.05, 4.69) is 228 Å². The maximum absolute atomic E-state index is 2.48. The lowest BCUT2D eigenvalue weighted by Gasteiger charge is -2.26. The van der Waals surface area contributed by atoms with Crippen molar-refractivity contribution in [3.05, 3.63) is 218 Å². The summed E-state index contributed by atoms with van der Waals surface area (Å²) in [5.41, 5.74) is 11.8. The van der Waals surface area contributed by atoms with E-state index in [1.54, 1.807) is 0 Å². The summed E-state index contributed by atoms with van der Waals surface area (Å²) >= 11 is 1.88. The number of thiophene rings is 1. The molecule has 2 nitrogen and oxygen atoms in total. The van der Waals surface area contributed by atoms with E-state index in [1.807, 2.05) is 11.3 Å². The first-order chi connectivity index (χ1) is 29.3. The molecule has 0 unspecified atom stereocenters. The Bertz CT molecular complexity index is 3560. The lowest BCUT2D eigenvalue weighted by atomic mass is 9.97. The fourth-order valence-electron chi connectivity index (χ4n) is 9.26. The molecule has 0 bridgehead atoms. The molecule has 0 N–H and O–H groups in total. The first kappa shape index (κ1) is 33.7. The van der Waals surface area contributed by atoms with Crippen molar-refractivity contribution >= 4 is 91.9 Å². The van der Waals surface area contributed by atoms with Crippen molar-refractivity contribution < 1.29 is 0 Å². The predicted molar refractivity (Wildman–Crippen MR) is 254 cm³/mol. The number of aromatic nitrogens is 1.